The third-order valence-electron chi connectivity index (χ3n) is 4.18. The van der Waals surface area contributed by atoms with E-state index in [0.717, 1.165) is 11.3 Å². The molecule has 0 saturated carbocycles. The summed E-state index contributed by atoms with van der Waals surface area (Å²) in [6.45, 7) is 3.45. The standard InChI is InChI=1S/C20H15ClF3N3O4S/c1-3-31-18(29)14-9(2)13-16(28)26-15(27-17(13)32-14)12(21)8-10-5-4-6-11(7-10)25-19(30)20(22,23)24/h4-8H,3H2,1-2H3,(H,25,30)(H,26,27,28)/b12-8-. The maximum Gasteiger partial charge on any atom is 0.471 e. The van der Waals surface area contributed by atoms with Crippen LogP contribution in [0.3, 0.4) is 0 Å². The summed E-state index contributed by atoms with van der Waals surface area (Å²) >= 11 is 7.27. The number of alkyl halides is 3. The van der Waals surface area contributed by atoms with E-state index in [2.05, 4.69) is 9.97 Å². The van der Waals surface area contributed by atoms with Crippen LogP contribution >= 0.6 is 22.9 Å². The second kappa shape index (κ2) is 9.13. The number of amides is 1. The molecule has 0 unspecified atom stereocenters. The van der Waals surface area contributed by atoms with E-state index < -0.39 is 23.6 Å². The van der Waals surface area contributed by atoms with Gasteiger partial charge in [-0.05, 0) is 43.2 Å². The number of nitrogens with zero attached hydrogens (tertiary/aromatic N) is 1. The summed E-state index contributed by atoms with van der Waals surface area (Å²) in [5.74, 6) is -2.66. The van der Waals surface area contributed by atoms with Gasteiger partial charge in [0.15, 0.2) is 5.82 Å². The highest BCUT2D eigenvalue weighted by Crippen LogP contribution is 2.29. The van der Waals surface area contributed by atoms with Crippen molar-refractivity contribution in [3.63, 3.8) is 0 Å². The number of halogens is 4. The van der Waals surface area contributed by atoms with Gasteiger partial charge in [0.2, 0.25) is 0 Å². The zero-order valence-corrected chi connectivity index (χ0v) is 18.2. The SMILES string of the molecule is CCOC(=O)c1sc2nc(/C(Cl)=C/c3cccc(NC(=O)C(F)(F)F)c3)[nH]c(=O)c2c1C. The van der Waals surface area contributed by atoms with Gasteiger partial charge in [-0.25, -0.2) is 9.78 Å². The number of benzene rings is 1. The minimum absolute atomic E-state index is 0.00514. The molecule has 0 aliphatic rings. The van der Waals surface area contributed by atoms with Crippen LogP contribution in [-0.2, 0) is 9.53 Å². The lowest BCUT2D eigenvalue weighted by atomic mass is 10.2. The highest BCUT2D eigenvalue weighted by atomic mass is 35.5. The van der Waals surface area contributed by atoms with E-state index in [1.165, 1.54) is 30.3 Å². The number of hydrogen-bond donors (Lipinski definition) is 2. The van der Waals surface area contributed by atoms with Crippen molar-refractivity contribution in [1.82, 2.24) is 9.97 Å². The Morgan fingerprint density at radius 1 is 1.34 bits per heavy atom. The normalized spacial score (nSPS) is 12.1. The fourth-order valence-corrected chi connectivity index (χ4v) is 4.06. The molecule has 1 amide bonds. The summed E-state index contributed by atoms with van der Waals surface area (Å²) < 4.78 is 42.3. The number of carbonyl (C=O) groups is 2. The van der Waals surface area contributed by atoms with Crippen LogP contribution in [0.25, 0.3) is 21.3 Å². The minimum atomic E-state index is -5.02. The third kappa shape index (κ3) is 5.00. The topological polar surface area (TPSA) is 101 Å². The Morgan fingerprint density at radius 2 is 2.06 bits per heavy atom. The molecule has 2 aromatic heterocycles. The molecule has 0 fully saturated rings. The predicted octanol–water partition coefficient (Wildman–Crippen LogP) is 4.71. The Bertz CT molecular complexity index is 1300. The van der Waals surface area contributed by atoms with Crippen molar-refractivity contribution in [2.45, 2.75) is 20.0 Å². The van der Waals surface area contributed by atoms with Crippen molar-refractivity contribution >= 4 is 61.8 Å². The fraction of sp³-hybridized carbons (Fsp3) is 0.200. The number of ether oxygens (including phenoxy) is 1. The van der Waals surface area contributed by atoms with Crippen LogP contribution < -0.4 is 10.9 Å². The summed E-state index contributed by atoms with van der Waals surface area (Å²) in [4.78, 5) is 43.1. The van der Waals surface area contributed by atoms with E-state index in [1.54, 1.807) is 19.2 Å². The lowest BCUT2D eigenvalue weighted by Crippen LogP contribution is -2.29. The lowest BCUT2D eigenvalue weighted by Gasteiger charge is -2.08. The van der Waals surface area contributed by atoms with Crippen LogP contribution in [-0.4, -0.2) is 34.6 Å². The number of hydrogen-bond acceptors (Lipinski definition) is 6. The van der Waals surface area contributed by atoms with Crippen LogP contribution in [0.2, 0.25) is 0 Å². The Hall–Kier alpha value is -3.18. The highest BCUT2D eigenvalue weighted by molar-refractivity contribution is 7.20. The monoisotopic (exact) mass is 485 g/mol. The zero-order chi connectivity index (χ0) is 23.6. The second-order valence-corrected chi connectivity index (χ2v) is 7.85. The number of H-pyrrole nitrogens is 1. The van der Waals surface area contributed by atoms with Gasteiger partial charge in [0.1, 0.15) is 9.71 Å². The van der Waals surface area contributed by atoms with Crippen LogP contribution in [0, 0.1) is 6.92 Å². The quantitative estimate of drug-likeness (QED) is 0.510. The first-order valence-electron chi connectivity index (χ1n) is 9.07. The molecule has 3 aromatic rings. The van der Waals surface area contributed by atoms with Gasteiger partial charge in [-0.3, -0.25) is 9.59 Å². The average Bonchev–Trinajstić information content (AvgIpc) is 3.04. The van der Waals surface area contributed by atoms with Crippen LogP contribution in [0.1, 0.15) is 33.5 Å². The first-order valence-corrected chi connectivity index (χ1v) is 10.3. The number of nitrogens with one attached hydrogen (secondary N) is 2. The van der Waals surface area contributed by atoms with Crippen molar-refractivity contribution in [3.05, 3.63) is 56.4 Å². The smallest absolute Gasteiger partial charge is 0.462 e. The van der Waals surface area contributed by atoms with Crippen molar-refractivity contribution in [2.24, 2.45) is 0 Å². The summed E-state index contributed by atoms with van der Waals surface area (Å²) in [6, 6.07) is 5.52. The molecule has 0 saturated heterocycles. The molecular weight excluding hydrogens is 471 g/mol. The van der Waals surface area contributed by atoms with Gasteiger partial charge < -0.3 is 15.0 Å². The zero-order valence-electron chi connectivity index (χ0n) is 16.6. The molecule has 0 aliphatic carbocycles. The molecule has 12 heteroatoms. The molecule has 0 bridgehead atoms. The summed E-state index contributed by atoms with van der Waals surface area (Å²) in [5.41, 5.74) is 0.201. The van der Waals surface area contributed by atoms with Gasteiger partial charge in [-0.15, -0.1) is 11.3 Å². The average molecular weight is 486 g/mol. The molecule has 0 aliphatic heterocycles. The number of aryl methyl sites for hydroxylation is 1. The molecule has 3 rings (SSSR count). The van der Waals surface area contributed by atoms with Crippen LogP contribution in [0.15, 0.2) is 29.1 Å². The Kier molecular flexibility index (Phi) is 6.70. The summed E-state index contributed by atoms with van der Waals surface area (Å²) in [5, 5.41) is 1.98. The molecule has 168 valence electrons. The van der Waals surface area contributed by atoms with E-state index in [-0.39, 0.29) is 38.2 Å². The minimum Gasteiger partial charge on any atom is -0.462 e. The summed E-state index contributed by atoms with van der Waals surface area (Å²) in [6.07, 6.45) is -3.66. The number of esters is 1. The van der Waals surface area contributed by atoms with Gasteiger partial charge in [0.05, 0.1) is 17.0 Å². The molecule has 7 nitrogen and oxygen atoms in total. The van der Waals surface area contributed by atoms with Gasteiger partial charge in [-0.1, -0.05) is 23.7 Å². The maximum absolute atomic E-state index is 12.6. The van der Waals surface area contributed by atoms with Crippen molar-refractivity contribution < 1.29 is 27.5 Å². The van der Waals surface area contributed by atoms with E-state index in [9.17, 15) is 27.6 Å². The molecule has 0 radical (unpaired) electrons. The van der Waals surface area contributed by atoms with Crippen molar-refractivity contribution in [3.8, 4) is 0 Å². The van der Waals surface area contributed by atoms with E-state index in [1.807, 2.05) is 0 Å². The second-order valence-electron chi connectivity index (χ2n) is 6.44. The number of fused-ring (bicyclic) bond motifs is 1. The number of rotatable bonds is 5. The molecule has 1 aromatic carbocycles. The van der Waals surface area contributed by atoms with E-state index in [0.29, 0.717) is 11.1 Å². The van der Waals surface area contributed by atoms with E-state index >= 15 is 0 Å². The molecule has 0 spiro atoms. The Labute approximate surface area is 187 Å². The molecule has 0 atom stereocenters. The molecule has 32 heavy (non-hydrogen) atoms. The number of thiophene rings is 1. The summed E-state index contributed by atoms with van der Waals surface area (Å²) in [7, 11) is 0. The van der Waals surface area contributed by atoms with Crippen LogP contribution in [0.4, 0.5) is 18.9 Å². The van der Waals surface area contributed by atoms with E-state index in [4.69, 9.17) is 16.3 Å². The molecule has 2 heterocycles. The Balaban J connectivity index is 1.95. The Morgan fingerprint density at radius 3 is 2.72 bits per heavy atom. The van der Waals surface area contributed by atoms with Crippen LogP contribution in [0.5, 0.6) is 0 Å². The van der Waals surface area contributed by atoms with Gasteiger partial charge in [0.25, 0.3) is 5.56 Å². The van der Waals surface area contributed by atoms with Gasteiger partial charge in [0, 0.05) is 5.69 Å². The molecule has 2 N–H and O–H groups in total. The van der Waals surface area contributed by atoms with Gasteiger partial charge >= 0.3 is 18.1 Å². The maximum atomic E-state index is 12.6. The number of carbonyl (C=O) groups excluding carboxylic acids is 2. The molecular formula is C20H15ClF3N3O4S. The van der Waals surface area contributed by atoms with Crippen molar-refractivity contribution in [1.29, 1.82) is 0 Å². The number of aromatic nitrogens is 2. The first kappa shape index (κ1) is 23.5. The number of aromatic amines is 1. The van der Waals surface area contributed by atoms with Crippen molar-refractivity contribution in [2.75, 3.05) is 11.9 Å². The third-order valence-corrected chi connectivity index (χ3v) is 5.64. The predicted molar refractivity (Wildman–Crippen MR) is 116 cm³/mol. The van der Waals surface area contributed by atoms with Gasteiger partial charge in [-0.2, -0.15) is 13.2 Å². The highest BCUT2D eigenvalue weighted by Gasteiger charge is 2.38. The number of anilines is 1. The lowest BCUT2D eigenvalue weighted by molar-refractivity contribution is -0.167. The largest absolute Gasteiger partial charge is 0.471 e. The fourth-order valence-electron chi connectivity index (χ4n) is 2.77. The first-order chi connectivity index (χ1) is 15.0.